The lowest BCUT2D eigenvalue weighted by Gasteiger charge is -2.22. The van der Waals surface area contributed by atoms with Gasteiger partial charge in [0.25, 0.3) is 0 Å². The zero-order valence-electron chi connectivity index (χ0n) is 16.3. The molecule has 1 N–H and O–H groups in total. The Kier molecular flexibility index (Phi) is 4.18. The highest BCUT2D eigenvalue weighted by molar-refractivity contribution is 5.86. The van der Waals surface area contributed by atoms with Gasteiger partial charge < -0.3 is 10.1 Å². The first-order valence-electron chi connectivity index (χ1n) is 9.72. The van der Waals surface area contributed by atoms with E-state index >= 15 is 0 Å². The molecule has 0 radical (unpaired) electrons. The van der Waals surface area contributed by atoms with Crippen LogP contribution in [0.5, 0.6) is 11.5 Å². The van der Waals surface area contributed by atoms with E-state index in [0.29, 0.717) is 0 Å². The molecule has 4 aromatic rings. The highest BCUT2D eigenvalue weighted by atomic mass is 16.5. The number of fused-ring (bicyclic) bond motifs is 2. The van der Waals surface area contributed by atoms with Crippen LogP contribution in [0.1, 0.15) is 16.7 Å². The summed E-state index contributed by atoms with van der Waals surface area (Å²) < 4.78 is 6.31. The number of hydrogen-bond acceptors (Lipinski definition) is 2. The Morgan fingerprint density at radius 3 is 2.31 bits per heavy atom. The first kappa shape index (κ1) is 17.3. The first-order chi connectivity index (χ1) is 14.2. The average Bonchev–Trinajstić information content (AvgIpc) is 2.73. The van der Waals surface area contributed by atoms with Crippen LogP contribution in [0.15, 0.2) is 91.0 Å². The van der Waals surface area contributed by atoms with Crippen molar-refractivity contribution in [2.45, 2.75) is 6.92 Å². The van der Waals surface area contributed by atoms with Gasteiger partial charge in [0.15, 0.2) is 0 Å². The molecule has 0 atom stereocenters. The van der Waals surface area contributed by atoms with Crippen LogP contribution in [0.3, 0.4) is 0 Å². The second kappa shape index (κ2) is 6.99. The van der Waals surface area contributed by atoms with Gasteiger partial charge in [0, 0.05) is 33.8 Å². The topological polar surface area (TPSA) is 21.3 Å². The van der Waals surface area contributed by atoms with Crippen molar-refractivity contribution in [2.24, 2.45) is 0 Å². The molecule has 0 saturated heterocycles. The number of para-hydroxylation sites is 1. The van der Waals surface area contributed by atoms with Gasteiger partial charge in [-0.15, -0.1) is 0 Å². The van der Waals surface area contributed by atoms with Gasteiger partial charge in [0.2, 0.25) is 0 Å². The highest BCUT2D eigenvalue weighted by Gasteiger charge is 2.20. The number of rotatable bonds is 3. The maximum Gasteiger partial charge on any atom is 0.137 e. The van der Waals surface area contributed by atoms with Crippen LogP contribution in [0.4, 0.5) is 11.4 Å². The molecule has 0 spiro atoms. The number of hydrogen-bond donors (Lipinski definition) is 1. The van der Waals surface area contributed by atoms with Gasteiger partial charge in [-0.2, -0.15) is 0 Å². The number of nitrogens with one attached hydrogen (secondary N) is 1. The summed E-state index contributed by atoms with van der Waals surface area (Å²) in [5.74, 6) is 1.69. The van der Waals surface area contributed by atoms with Crippen LogP contribution >= 0.6 is 0 Å². The number of aryl methyl sites for hydroxylation is 1. The van der Waals surface area contributed by atoms with Crippen molar-refractivity contribution in [3.05, 3.63) is 118 Å². The molecular formula is C27H21NO. The molecule has 4 aromatic carbocycles. The average molecular weight is 375 g/mol. The van der Waals surface area contributed by atoms with E-state index in [0.717, 1.165) is 38.9 Å². The molecule has 1 aliphatic heterocycles. The lowest BCUT2D eigenvalue weighted by molar-refractivity contribution is 0.472. The minimum atomic E-state index is 0.845. The Balaban J connectivity index is 1.68. The van der Waals surface area contributed by atoms with Crippen molar-refractivity contribution in [2.75, 3.05) is 5.32 Å². The lowest BCUT2D eigenvalue weighted by Crippen LogP contribution is -2.19. The zero-order chi connectivity index (χ0) is 19.8. The van der Waals surface area contributed by atoms with Crippen molar-refractivity contribution in [3.8, 4) is 11.5 Å². The van der Waals surface area contributed by atoms with E-state index in [4.69, 9.17) is 4.74 Å². The van der Waals surface area contributed by atoms with Crippen LogP contribution in [-0.4, -0.2) is 0 Å². The van der Waals surface area contributed by atoms with E-state index in [9.17, 15) is 0 Å². The van der Waals surface area contributed by atoms with E-state index in [-0.39, 0.29) is 0 Å². The van der Waals surface area contributed by atoms with Crippen molar-refractivity contribution < 1.29 is 4.74 Å². The Hall–Kier alpha value is -3.78. The van der Waals surface area contributed by atoms with Gasteiger partial charge in [-0.25, -0.2) is 0 Å². The Bertz CT molecular complexity index is 1310. The molecule has 0 aromatic heterocycles. The quantitative estimate of drug-likeness (QED) is 0.449. The van der Waals surface area contributed by atoms with Crippen molar-refractivity contribution in [1.82, 2.24) is 0 Å². The Morgan fingerprint density at radius 1 is 0.724 bits per heavy atom. The van der Waals surface area contributed by atoms with Gasteiger partial charge in [0.05, 0.1) is 0 Å². The van der Waals surface area contributed by atoms with Gasteiger partial charge in [-0.05, 0) is 48.0 Å². The molecule has 0 unspecified atom stereocenters. The van der Waals surface area contributed by atoms with Gasteiger partial charge in [-0.3, -0.25) is 0 Å². The molecule has 2 heteroatoms. The maximum absolute atomic E-state index is 6.31. The fourth-order valence-corrected chi connectivity index (χ4v) is 3.73. The van der Waals surface area contributed by atoms with Crippen molar-refractivity contribution >= 4 is 23.5 Å². The third kappa shape index (κ3) is 3.30. The maximum atomic E-state index is 6.31. The summed E-state index contributed by atoms with van der Waals surface area (Å²) in [5.41, 5.74) is 6.75. The molecule has 29 heavy (non-hydrogen) atoms. The molecule has 0 fully saturated rings. The summed E-state index contributed by atoms with van der Waals surface area (Å²) in [5, 5.41) is 5.48. The molecule has 0 bridgehead atoms. The second-order valence-electron chi connectivity index (χ2n) is 7.38. The fraction of sp³-hybridized carbons (Fsp3) is 0.0370. The first-order valence-corrected chi connectivity index (χ1v) is 9.72. The molecule has 1 aliphatic rings. The molecule has 1 heterocycles. The minimum absolute atomic E-state index is 0.845. The van der Waals surface area contributed by atoms with E-state index in [1.165, 1.54) is 16.7 Å². The summed E-state index contributed by atoms with van der Waals surface area (Å²) in [6, 6.07) is 31.3. The lowest BCUT2D eigenvalue weighted by atomic mass is 9.92. The molecule has 140 valence electrons. The molecule has 0 amide bonds. The SMILES string of the molecule is C=c1ccc2c(c1)Oc1cc(Nc3ccccc3)ccc1C=2c1ccc(C)cc1. The Morgan fingerprint density at radius 2 is 1.52 bits per heavy atom. The second-order valence-corrected chi connectivity index (χ2v) is 7.38. The van der Waals surface area contributed by atoms with Crippen LogP contribution in [0.25, 0.3) is 12.2 Å². The Labute approximate surface area is 170 Å². The minimum Gasteiger partial charge on any atom is -0.456 e. The van der Waals surface area contributed by atoms with Crippen LogP contribution in [0, 0.1) is 6.92 Å². The standard InChI is InChI=1S/C27H21NO/c1-18-8-11-20(12-9-18)27-23-14-10-19(2)16-25(23)29-26-17-22(13-15-24(26)27)28-21-6-4-3-5-7-21/h3-17,28H,2H2,1H3. The largest absolute Gasteiger partial charge is 0.456 e. The molecule has 5 rings (SSSR count). The number of ether oxygens (including phenoxy) is 1. The smallest absolute Gasteiger partial charge is 0.137 e. The number of benzene rings is 4. The number of anilines is 2. The normalized spacial score (nSPS) is 12.0. The van der Waals surface area contributed by atoms with E-state index in [1.54, 1.807) is 0 Å². The van der Waals surface area contributed by atoms with Crippen molar-refractivity contribution in [1.29, 1.82) is 0 Å². The molecule has 2 nitrogen and oxygen atoms in total. The summed E-state index contributed by atoms with van der Waals surface area (Å²) >= 11 is 0. The summed E-state index contributed by atoms with van der Waals surface area (Å²) in [4.78, 5) is 0. The molecule has 0 saturated carbocycles. The monoisotopic (exact) mass is 375 g/mol. The van der Waals surface area contributed by atoms with E-state index in [1.807, 2.05) is 30.3 Å². The predicted octanol–water partition coefficient (Wildman–Crippen LogP) is 5.50. The third-order valence-corrected chi connectivity index (χ3v) is 5.19. The summed E-state index contributed by atoms with van der Waals surface area (Å²) in [7, 11) is 0. The van der Waals surface area contributed by atoms with Gasteiger partial charge >= 0.3 is 0 Å². The van der Waals surface area contributed by atoms with E-state index < -0.39 is 0 Å². The van der Waals surface area contributed by atoms with Crippen molar-refractivity contribution in [3.63, 3.8) is 0 Å². The highest BCUT2D eigenvalue weighted by Crippen LogP contribution is 2.38. The van der Waals surface area contributed by atoms with E-state index in [2.05, 4.69) is 79.5 Å². The molecule has 0 aliphatic carbocycles. The van der Waals surface area contributed by atoms with Crippen LogP contribution in [0.2, 0.25) is 0 Å². The summed E-state index contributed by atoms with van der Waals surface area (Å²) in [6.45, 7) is 6.17. The van der Waals surface area contributed by atoms with Crippen LogP contribution < -0.4 is 20.5 Å². The summed E-state index contributed by atoms with van der Waals surface area (Å²) in [6.07, 6.45) is 0. The van der Waals surface area contributed by atoms with Gasteiger partial charge in [-0.1, -0.05) is 66.7 Å². The predicted molar refractivity (Wildman–Crippen MR) is 120 cm³/mol. The molecular weight excluding hydrogens is 354 g/mol. The van der Waals surface area contributed by atoms with Crippen LogP contribution in [-0.2, 0) is 0 Å². The fourth-order valence-electron chi connectivity index (χ4n) is 3.73. The zero-order valence-corrected chi connectivity index (χ0v) is 16.3. The van der Waals surface area contributed by atoms with Gasteiger partial charge in [0.1, 0.15) is 11.5 Å². The third-order valence-electron chi connectivity index (χ3n) is 5.19.